The Morgan fingerprint density at radius 3 is 2.59 bits per heavy atom. The van der Waals surface area contributed by atoms with Crippen LogP contribution < -0.4 is 5.32 Å². The van der Waals surface area contributed by atoms with Gasteiger partial charge in [0.15, 0.2) is 6.61 Å². The number of nitrogens with zero attached hydrogens (tertiary/aromatic N) is 2. The predicted octanol–water partition coefficient (Wildman–Crippen LogP) is 3.54. The van der Waals surface area contributed by atoms with Gasteiger partial charge in [0.1, 0.15) is 0 Å². The summed E-state index contributed by atoms with van der Waals surface area (Å²) >= 11 is 0. The number of hydrogen-bond donors (Lipinski definition) is 1. The molecule has 148 valence electrons. The van der Waals surface area contributed by atoms with Gasteiger partial charge in [-0.3, -0.25) is 14.8 Å². The SMILES string of the molecule is C[C@H](NC(=O)COC(=O)c1ccc2nccnc2c1)c1ccc2c(c1)CCCC2. The van der Waals surface area contributed by atoms with E-state index in [1.165, 1.54) is 24.0 Å². The first kappa shape index (κ1) is 19.1. The van der Waals surface area contributed by atoms with Gasteiger partial charge >= 0.3 is 5.97 Å². The second-order valence-electron chi connectivity index (χ2n) is 7.36. The van der Waals surface area contributed by atoms with E-state index in [4.69, 9.17) is 4.74 Å². The third-order valence-electron chi connectivity index (χ3n) is 5.29. The van der Waals surface area contributed by atoms with Gasteiger partial charge in [0.05, 0.1) is 22.6 Å². The highest BCUT2D eigenvalue weighted by molar-refractivity contribution is 5.94. The summed E-state index contributed by atoms with van der Waals surface area (Å²) in [6.45, 7) is 1.61. The molecule has 1 amide bonds. The number of rotatable bonds is 5. The minimum atomic E-state index is -0.561. The van der Waals surface area contributed by atoms with Crippen molar-refractivity contribution in [3.8, 4) is 0 Å². The van der Waals surface area contributed by atoms with E-state index < -0.39 is 5.97 Å². The van der Waals surface area contributed by atoms with Crippen molar-refractivity contribution in [3.63, 3.8) is 0 Å². The minimum Gasteiger partial charge on any atom is -0.452 e. The van der Waals surface area contributed by atoms with Crippen molar-refractivity contribution in [2.24, 2.45) is 0 Å². The van der Waals surface area contributed by atoms with Crippen LogP contribution in [0.4, 0.5) is 0 Å². The monoisotopic (exact) mass is 389 g/mol. The van der Waals surface area contributed by atoms with E-state index in [1.807, 2.05) is 6.92 Å². The number of fused-ring (bicyclic) bond motifs is 2. The highest BCUT2D eigenvalue weighted by Crippen LogP contribution is 2.24. The van der Waals surface area contributed by atoms with E-state index in [1.54, 1.807) is 30.6 Å². The number of esters is 1. The average molecular weight is 389 g/mol. The Labute approximate surface area is 169 Å². The summed E-state index contributed by atoms with van der Waals surface area (Å²) in [5.74, 6) is -0.890. The van der Waals surface area contributed by atoms with Gasteiger partial charge < -0.3 is 10.1 Å². The Hall–Kier alpha value is -3.28. The van der Waals surface area contributed by atoms with Crippen LogP contribution in [0.1, 0.15) is 52.9 Å². The molecular weight excluding hydrogens is 366 g/mol. The lowest BCUT2D eigenvalue weighted by Gasteiger charge is -2.20. The topological polar surface area (TPSA) is 81.2 Å². The van der Waals surface area contributed by atoms with Crippen molar-refractivity contribution < 1.29 is 14.3 Å². The fourth-order valence-electron chi connectivity index (χ4n) is 3.69. The number of carbonyl (C=O) groups excluding carboxylic acids is 2. The molecule has 29 heavy (non-hydrogen) atoms. The van der Waals surface area contributed by atoms with Crippen molar-refractivity contribution in [1.82, 2.24) is 15.3 Å². The molecule has 0 aliphatic heterocycles. The fraction of sp³-hybridized carbons (Fsp3) is 0.304. The highest BCUT2D eigenvalue weighted by atomic mass is 16.5. The molecule has 0 saturated carbocycles. The van der Waals surface area contributed by atoms with Crippen LogP contribution in [0.25, 0.3) is 11.0 Å². The zero-order valence-electron chi connectivity index (χ0n) is 16.4. The molecule has 1 aliphatic rings. The summed E-state index contributed by atoms with van der Waals surface area (Å²) in [5, 5.41) is 2.90. The van der Waals surface area contributed by atoms with Crippen LogP contribution in [0.15, 0.2) is 48.8 Å². The lowest BCUT2D eigenvalue weighted by molar-refractivity contribution is -0.124. The van der Waals surface area contributed by atoms with Crippen LogP contribution in [-0.2, 0) is 22.4 Å². The zero-order chi connectivity index (χ0) is 20.2. The summed E-state index contributed by atoms with van der Waals surface area (Å²) in [7, 11) is 0. The van der Waals surface area contributed by atoms with Crippen LogP contribution >= 0.6 is 0 Å². The lowest BCUT2D eigenvalue weighted by Crippen LogP contribution is -2.31. The van der Waals surface area contributed by atoms with E-state index in [-0.39, 0.29) is 18.6 Å². The second-order valence-corrected chi connectivity index (χ2v) is 7.36. The maximum atomic E-state index is 12.3. The van der Waals surface area contributed by atoms with Crippen molar-refractivity contribution in [2.75, 3.05) is 6.61 Å². The summed E-state index contributed by atoms with van der Waals surface area (Å²) in [6, 6.07) is 11.2. The molecule has 0 saturated heterocycles. The van der Waals surface area contributed by atoms with Crippen molar-refractivity contribution in [3.05, 3.63) is 71.0 Å². The third kappa shape index (κ3) is 4.42. The van der Waals surface area contributed by atoms with Gasteiger partial charge in [0.25, 0.3) is 5.91 Å². The Balaban J connectivity index is 1.33. The van der Waals surface area contributed by atoms with Gasteiger partial charge in [-0.25, -0.2) is 4.79 Å². The van der Waals surface area contributed by atoms with Crippen LogP contribution in [-0.4, -0.2) is 28.5 Å². The number of amides is 1. The average Bonchev–Trinajstić information content (AvgIpc) is 2.76. The first-order valence-electron chi connectivity index (χ1n) is 9.89. The van der Waals surface area contributed by atoms with E-state index in [0.29, 0.717) is 16.6 Å². The molecule has 6 heteroatoms. The van der Waals surface area contributed by atoms with Crippen LogP contribution in [0.5, 0.6) is 0 Å². The zero-order valence-corrected chi connectivity index (χ0v) is 16.4. The number of nitrogens with one attached hydrogen (secondary N) is 1. The molecule has 3 aromatic rings. The normalized spacial score (nSPS) is 14.1. The van der Waals surface area contributed by atoms with E-state index in [2.05, 4.69) is 33.5 Å². The number of carbonyl (C=O) groups is 2. The van der Waals surface area contributed by atoms with Gasteiger partial charge in [-0.05, 0) is 67.5 Å². The standard InChI is InChI=1S/C23H23N3O3/c1-15(17-7-6-16-4-2-3-5-18(16)12-17)26-22(27)14-29-23(28)19-8-9-20-21(13-19)25-11-10-24-20/h6-13,15H,2-5,14H2,1H3,(H,26,27)/t15-/m0/s1. The molecule has 1 N–H and O–H groups in total. The molecule has 1 heterocycles. The first-order chi connectivity index (χ1) is 14.1. The molecule has 6 nitrogen and oxygen atoms in total. The smallest absolute Gasteiger partial charge is 0.338 e. The van der Waals surface area contributed by atoms with E-state index in [0.717, 1.165) is 18.4 Å². The molecule has 1 aliphatic carbocycles. The van der Waals surface area contributed by atoms with Crippen molar-refractivity contribution in [2.45, 2.75) is 38.6 Å². The summed E-state index contributed by atoms with van der Waals surface area (Å²) in [4.78, 5) is 32.9. The molecule has 0 unspecified atom stereocenters. The van der Waals surface area contributed by atoms with Gasteiger partial charge in [0, 0.05) is 12.4 Å². The highest BCUT2D eigenvalue weighted by Gasteiger charge is 2.16. The first-order valence-corrected chi connectivity index (χ1v) is 9.89. The molecule has 2 aromatic carbocycles. The van der Waals surface area contributed by atoms with E-state index >= 15 is 0 Å². The second kappa shape index (κ2) is 8.39. The molecule has 0 fully saturated rings. The van der Waals surface area contributed by atoms with Crippen LogP contribution in [0.2, 0.25) is 0 Å². The molecular formula is C23H23N3O3. The summed E-state index contributed by atoms with van der Waals surface area (Å²) in [6.07, 6.45) is 7.84. The van der Waals surface area contributed by atoms with Crippen molar-refractivity contribution in [1.29, 1.82) is 0 Å². The number of aryl methyl sites for hydroxylation is 2. The quantitative estimate of drug-likeness (QED) is 0.675. The number of ether oxygens (including phenoxy) is 1. The summed E-state index contributed by atoms with van der Waals surface area (Å²) in [5.41, 5.74) is 5.49. The maximum Gasteiger partial charge on any atom is 0.338 e. The molecule has 0 spiro atoms. The Kier molecular flexibility index (Phi) is 5.51. The van der Waals surface area contributed by atoms with Gasteiger partial charge in [-0.15, -0.1) is 0 Å². The maximum absolute atomic E-state index is 12.3. The third-order valence-corrected chi connectivity index (χ3v) is 5.29. The van der Waals surface area contributed by atoms with Crippen molar-refractivity contribution >= 4 is 22.9 Å². The summed E-state index contributed by atoms with van der Waals surface area (Å²) < 4.78 is 5.17. The number of benzene rings is 2. The minimum absolute atomic E-state index is 0.149. The van der Waals surface area contributed by atoms with Gasteiger partial charge in [-0.2, -0.15) is 0 Å². The Morgan fingerprint density at radius 2 is 1.76 bits per heavy atom. The predicted molar refractivity (Wildman–Crippen MR) is 109 cm³/mol. The molecule has 1 atom stereocenters. The lowest BCUT2D eigenvalue weighted by atomic mass is 9.89. The Bertz CT molecular complexity index is 1060. The largest absolute Gasteiger partial charge is 0.452 e. The fourth-order valence-corrected chi connectivity index (χ4v) is 3.69. The van der Waals surface area contributed by atoms with Gasteiger partial charge in [0.2, 0.25) is 0 Å². The van der Waals surface area contributed by atoms with E-state index in [9.17, 15) is 9.59 Å². The van der Waals surface area contributed by atoms with Crippen LogP contribution in [0, 0.1) is 0 Å². The number of hydrogen-bond acceptors (Lipinski definition) is 5. The van der Waals surface area contributed by atoms with Gasteiger partial charge in [-0.1, -0.05) is 18.2 Å². The molecule has 0 bridgehead atoms. The molecule has 1 aromatic heterocycles. The number of aromatic nitrogens is 2. The molecule has 0 radical (unpaired) electrons. The Morgan fingerprint density at radius 1 is 1.00 bits per heavy atom. The van der Waals surface area contributed by atoms with Crippen LogP contribution in [0.3, 0.4) is 0 Å². The molecule has 4 rings (SSSR count).